The summed E-state index contributed by atoms with van der Waals surface area (Å²) in [6.07, 6.45) is 2.44. The lowest BCUT2D eigenvalue weighted by molar-refractivity contribution is -0.144. The Hall–Kier alpha value is -1.88. The number of carboxylic acids is 1. The summed E-state index contributed by atoms with van der Waals surface area (Å²) in [5.74, 6) is -1.36. The first-order chi connectivity index (χ1) is 9.99. The van der Waals surface area contributed by atoms with E-state index < -0.39 is 17.4 Å². The molecule has 1 aliphatic carbocycles. The van der Waals surface area contributed by atoms with Gasteiger partial charge in [-0.2, -0.15) is 0 Å². The fourth-order valence-corrected chi connectivity index (χ4v) is 2.80. The number of carboxylic acid groups (broad SMARTS) is 1. The molecule has 1 atom stereocenters. The molecule has 0 bridgehead atoms. The zero-order chi connectivity index (χ0) is 15.5. The van der Waals surface area contributed by atoms with Gasteiger partial charge in [-0.1, -0.05) is 36.2 Å². The van der Waals surface area contributed by atoms with Gasteiger partial charge in [0.1, 0.15) is 6.04 Å². The van der Waals surface area contributed by atoms with Gasteiger partial charge in [0.05, 0.1) is 5.41 Å². The van der Waals surface area contributed by atoms with Crippen LogP contribution in [0.3, 0.4) is 0 Å². The van der Waals surface area contributed by atoms with Crippen LogP contribution in [0, 0.1) is 6.92 Å². The molecule has 1 aromatic rings. The van der Waals surface area contributed by atoms with Crippen molar-refractivity contribution in [3.8, 4) is 0 Å². The number of aliphatic hydroxyl groups is 1. The lowest BCUT2D eigenvalue weighted by Crippen LogP contribution is -2.54. The maximum absolute atomic E-state index is 12.6. The molecule has 1 saturated carbocycles. The van der Waals surface area contributed by atoms with Gasteiger partial charge in [0, 0.05) is 13.0 Å². The van der Waals surface area contributed by atoms with Crippen LogP contribution in [0.4, 0.5) is 0 Å². The number of rotatable bonds is 6. The molecule has 0 aliphatic heterocycles. The summed E-state index contributed by atoms with van der Waals surface area (Å²) in [5.41, 5.74) is 1.41. The van der Waals surface area contributed by atoms with Crippen molar-refractivity contribution in [3.05, 3.63) is 35.4 Å². The van der Waals surface area contributed by atoms with Crippen LogP contribution in [0.25, 0.3) is 0 Å². The highest BCUT2D eigenvalue weighted by atomic mass is 16.4. The summed E-state index contributed by atoms with van der Waals surface area (Å²) < 4.78 is 0. The van der Waals surface area contributed by atoms with E-state index in [1.54, 1.807) is 0 Å². The minimum absolute atomic E-state index is 0.0188. The van der Waals surface area contributed by atoms with E-state index in [1.165, 1.54) is 0 Å². The average Bonchev–Trinajstić information content (AvgIpc) is 2.37. The Labute approximate surface area is 124 Å². The van der Waals surface area contributed by atoms with Gasteiger partial charge in [0.15, 0.2) is 0 Å². The van der Waals surface area contributed by atoms with Crippen LogP contribution in [0.2, 0.25) is 0 Å². The van der Waals surface area contributed by atoms with Gasteiger partial charge >= 0.3 is 5.97 Å². The monoisotopic (exact) mass is 291 g/mol. The van der Waals surface area contributed by atoms with Gasteiger partial charge in [-0.3, -0.25) is 4.79 Å². The number of amides is 1. The Kier molecular flexibility index (Phi) is 4.63. The van der Waals surface area contributed by atoms with Crippen molar-refractivity contribution in [2.24, 2.45) is 0 Å². The molecule has 0 spiro atoms. The number of benzene rings is 1. The van der Waals surface area contributed by atoms with E-state index in [-0.39, 0.29) is 18.9 Å². The molecule has 21 heavy (non-hydrogen) atoms. The van der Waals surface area contributed by atoms with Crippen LogP contribution in [0.5, 0.6) is 0 Å². The Morgan fingerprint density at radius 3 is 2.57 bits per heavy atom. The molecule has 0 heterocycles. The van der Waals surface area contributed by atoms with Gasteiger partial charge in [-0.15, -0.1) is 0 Å². The molecule has 5 heteroatoms. The minimum Gasteiger partial charge on any atom is -0.480 e. The third-order valence-electron chi connectivity index (χ3n) is 4.23. The van der Waals surface area contributed by atoms with Crippen molar-refractivity contribution >= 4 is 11.9 Å². The highest BCUT2D eigenvalue weighted by Crippen LogP contribution is 2.44. The predicted molar refractivity (Wildman–Crippen MR) is 78.0 cm³/mol. The van der Waals surface area contributed by atoms with Crippen LogP contribution in [-0.4, -0.2) is 34.7 Å². The summed E-state index contributed by atoms with van der Waals surface area (Å²) in [5, 5.41) is 20.6. The van der Waals surface area contributed by atoms with E-state index in [2.05, 4.69) is 5.32 Å². The summed E-state index contributed by atoms with van der Waals surface area (Å²) in [6.45, 7) is 1.70. The fraction of sp³-hybridized carbons (Fsp3) is 0.500. The van der Waals surface area contributed by atoms with Gasteiger partial charge < -0.3 is 15.5 Å². The van der Waals surface area contributed by atoms with Crippen LogP contribution < -0.4 is 5.32 Å². The highest BCUT2D eigenvalue weighted by molar-refractivity contribution is 5.92. The second-order valence-corrected chi connectivity index (χ2v) is 5.68. The number of carbonyl (C=O) groups excluding carboxylic acids is 1. The Morgan fingerprint density at radius 2 is 2.10 bits per heavy atom. The van der Waals surface area contributed by atoms with Crippen molar-refractivity contribution in [2.75, 3.05) is 6.61 Å². The van der Waals surface area contributed by atoms with Gasteiger partial charge in [0.25, 0.3) is 0 Å². The second kappa shape index (κ2) is 6.26. The van der Waals surface area contributed by atoms with Crippen molar-refractivity contribution < 1.29 is 19.8 Å². The number of hydrogen-bond donors (Lipinski definition) is 3. The standard InChI is InChI=1S/C16H21NO4/c1-11-4-2-5-12(10-11)16(7-3-8-16)15(21)17-13(6-9-18)14(19)20/h2,4-5,10,13,18H,3,6-9H2,1H3,(H,17,21)(H,19,20). The molecule has 1 amide bonds. The second-order valence-electron chi connectivity index (χ2n) is 5.68. The third kappa shape index (κ3) is 3.08. The molecule has 1 aliphatic rings. The number of aryl methyl sites for hydroxylation is 1. The first kappa shape index (κ1) is 15.5. The molecule has 1 fully saturated rings. The molecule has 5 nitrogen and oxygen atoms in total. The van der Waals surface area contributed by atoms with Crippen LogP contribution >= 0.6 is 0 Å². The van der Waals surface area contributed by atoms with Crippen molar-refractivity contribution in [2.45, 2.75) is 44.1 Å². The molecular weight excluding hydrogens is 270 g/mol. The summed E-state index contributed by atoms with van der Waals surface area (Å²) in [6, 6.07) is 6.76. The van der Waals surface area contributed by atoms with Crippen LogP contribution in [0.15, 0.2) is 24.3 Å². The molecule has 3 N–H and O–H groups in total. The summed E-state index contributed by atoms with van der Waals surface area (Å²) in [7, 11) is 0. The van der Waals surface area contributed by atoms with E-state index in [0.717, 1.165) is 30.4 Å². The Balaban J connectivity index is 2.20. The normalized spacial score (nSPS) is 17.6. The van der Waals surface area contributed by atoms with Crippen molar-refractivity contribution in [1.29, 1.82) is 0 Å². The summed E-state index contributed by atoms with van der Waals surface area (Å²) >= 11 is 0. The zero-order valence-electron chi connectivity index (χ0n) is 12.1. The quantitative estimate of drug-likeness (QED) is 0.739. The number of carbonyl (C=O) groups is 2. The van der Waals surface area contributed by atoms with Gasteiger partial charge in [-0.05, 0) is 25.3 Å². The number of aliphatic carboxylic acids is 1. The van der Waals surface area contributed by atoms with Gasteiger partial charge in [0.2, 0.25) is 5.91 Å². The molecule has 0 aromatic heterocycles. The predicted octanol–water partition coefficient (Wildman–Crippen LogP) is 1.37. The zero-order valence-corrected chi connectivity index (χ0v) is 12.1. The van der Waals surface area contributed by atoms with E-state index >= 15 is 0 Å². The average molecular weight is 291 g/mol. The molecule has 1 aromatic carbocycles. The van der Waals surface area contributed by atoms with E-state index in [4.69, 9.17) is 10.2 Å². The highest BCUT2D eigenvalue weighted by Gasteiger charge is 2.46. The number of aliphatic hydroxyl groups excluding tert-OH is 1. The van der Waals surface area contributed by atoms with Crippen LogP contribution in [0.1, 0.15) is 36.8 Å². The molecule has 1 unspecified atom stereocenters. The topological polar surface area (TPSA) is 86.6 Å². The third-order valence-corrected chi connectivity index (χ3v) is 4.23. The lowest BCUT2D eigenvalue weighted by atomic mass is 9.63. The molecular formula is C16H21NO4. The smallest absolute Gasteiger partial charge is 0.326 e. The maximum Gasteiger partial charge on any atom is 0.326 e. The SMILES string of the molecule is Cc1cccc(C2(C(=O)NC(CCO)C(=O)O)CCC2)c1. The Bertz CT molecular complexity index is 537. The molecule has 0 radical (unpaired) electrons. The van der Waals surface area contributed by atoms with E-state index in [9.17, 15) is 9.59 Å². The molecule has 114 valence electrons. The summed E-state index contributed by atoms with van der Waals surface area (Å²) in [4.78, 5) is 23.7. The minimum atomic E-state index is -1.11. The number of hydrogen-bond acceptors (Lipinski definition) is 3. The lowest BCUT2D eigenvalue weighted by Gasteiger charge is -2.41. The van der Waals surface area contributed by atoms with Crippen molar-refractivity contribution in [3.63, 3.8) is 0 Å². The van der Waals surface area contributed by atoms with E-state index in [0.29, 0.717) is 0 Å². The fourth-order valence-electron chi connectivity index (χ4n) is 2.80. The first-order valence-electron chi connectivity index (χ1n) is 7.21. The first-order valence-corrected chi connectivity index (χ1v) is 7.21. The molecule has 2 rings (SSSR count). The Morgan fingerprint density at radius 1 is 1.38 bits per heavy atom. The number of nitrogens with one attached hydrogen (secondary N) is 1. The van der Waals surface area contributed by atoms with Gasteiger partial charge in [-0.25, -0.2) is 4.79 Å². The van der Waals surface area contributed by atoms with Crippen molar-refractivity contribution in [1.82, 2.24) is 5.32 Å². The van der Waals surface area contributed by atoms with E-state index in [1.807, 2.05) is 31.2 Å². The molecule has 0 saturated heterocycles. The largest absolute Gasteiger partial charge is 0.480 e. The van der Waals surface area contributed by atoms with Crippen LogP contribution in [-0.2, 0) is 15.0 Å². The maximum atomic E-state index is 12.6.